The maximum absolute atomic E-state index is 5.42. The van der Waals surface area contributed by atoms with Gasteiger partial charge >= 0.3 is 14.2 Å². The molecule has 4 nitrogen and oxygen atoms in total. The molecule has 2 aliphatic rings. The van der Waals surface area contributed by atoms with Crippen molar-refractivity contribution in [3.05, 3.63) is 0 Å². The highest BCUT2D eigenvalue weighted by atomic mass is 16.6. The second kappa shape index (κ2) is 13.3. The molecule has 0 aliphatic carbocycles. The summed E-state index contributed by atoms with van der Waals surface area (Å²) in [6.07, 6.45) is 1.03. The van der Waals surface area contributed by atoms with Gasteiger partial charge in [0.15, 0.2) is 0 Å². The summed E-state index contributed by atoms with van der Waals surface area (Å²) < 4.78 is 21.4. The lowest BCUT2D eigenvalue weighted by Crippen LogP contribution is -2.37. The molecule has 0 bridgehead atoms. The van der Waals surface area contributed by atoms with Gasteiger partial charge in [0, 0.05) is 13.2 Å². The molecule has 6 heteroatoms. The van der Waals surface area contributed by atoms with E-state index in [-0.39, 0.29) is 24.9 Å². The molecule has 0 radical (unpaired) electrons. The molecule has 2 saturated heterocycles. The van der Waals surface area contributed by atoms with Crippen LogP contribution < -0.4 is 0 Å². The van der Waals surface area contributed by atoms with Crippen molar-refractivity contribution >= 4 is 14.2 Å². The molecular weight excluding hydrogens is 290 g/mol. The van der Waals surface area contributed by atoms with Gasteiger partial charge in [0.25, 0.3) is 0 Å². The molecule has 0 atom stereocenters. The maximum atomic E-state index is 5.42. The Morgan fingerprint density at radius 1 is 0.522 bits per heavy atom. The van der Waals surface area contributed by atoms with Gasteiger partial charge < -0.3 is 18.6 Å². The fourth-order valence-electron chi connectivity index (χ4n) is 1.85. The molecule has 0 aromatic heterocycles. The monoisotopic (exact) mass is 330 g/mol. The summed E-state index contributed by atoms with van der Waals surface area (Å²) >= 11 is 0. The fraction of sp³-hybridized carbons (Fsp3) is 1.00. The molecular formula is C17H40B2O4. The molecule has 2 fully saturated rings. The predicted octanol–water partition coefficient (Wildman–Crippen LogP) is 5.09. The van der Waals surface area contributed by atoms with Crippen LogP contribution in [0.15, 0.2) is 0 Å². The highest BCUT2D eigenvalue weighted by Gasteiger charge is 2.36. The third-order valence-corrected chi connectivity index (χ3v) is 2.86. The summed E-state index contributed by atoms with van der Waals surface area (Å²) in [4.78, 5) is 0. The first kappa shape index (κ1) is 25.2. The molecule has 2 aliphatic heterocycles. The van der Waals surface area contributed by atoms with Gasteiger partial charge in [-0.05, 0) is 17.0 Å². The predicted molar refractivity (Wildman–Crippen MR) is 102 cm³/mol. The quantitative estimate of drug-likeness (QED) is 0.580. The van der Waals surface area contributed by atoms with Crippen molar-refractivity contribution < 1.29 is 18.6 Å². The molecule has 23 heavy (non-hydrogen) atoms. The molecule has 0 aromatic rings. The van der Waals surface area contributed by atoms with E-state index in [2.05, 4.69) is 41.5 Å². The molecule has 0 spiro atoms. The minimum Gasteiger partial charge on any atom is -0.411 e. The van der Waals surface area contributed by atoms with Gasteiger partial charge in [-0.1, -0.05) is 69.2 Å². The largest absolute Gasteiger partial charge is 0.462 e. The van der Waals surface area contributed by atoms with Crippen molar-refractivity contribution in [3.63, 3.8) is 0 Å². The lowest BCUT2D eigenvalue weighted by Gasteiger charge is -2.29. The Balaban J connectivity index is 0. The van der Waals surface area contributed by atoms with Crippen LogP contribution in [-0.2, 0) is 18.6 Å². The summed E-state index contributed by atoms with van der Waals surface area (Å²) in [7, 11) is 0.0127. The van der Waals surface area contributed by atoms with Crippen molar-refractivity contribution in [1.29, 1.82) is 0 Å². The lowest BCUT2D eigenvalue weighted by atomic mass is 9.61. The van der Waals surface area contributed by atoms with E-state index >= 15 is 0 Å². The molecule has 2 rings (SSSR count). The summed E-state index contributed by atoms with van der Waals surface area (Å²) in [5, 5.41) is 0.261. The fourth-order valence-corrected chi connectivity index (χ4v) is 1.85. The first-order chi connectivity index (χ1) is 10.7. The van der Waals surface area contributed by atoms with Crippen LogP contribution in [0.2, 0.25) is 10.6 Å². The summed E-state index contributed by atoms with van der Waals surface area (Å²) in [5.41, 5.74) is 0. The number of rotatable bonds is 0. The minimum atomic E-state index is 0.00116. The summed E-state index contributed by atoms with van der Waals surface area (Å²) in [5.74, 6) is 0. The normalized spacial score (nSPS) is 18.0. The Hall–Kier alpha value is -0.0301. The Bertz CT molecular complexity index is 250. The van der Waals surface area contributed by atoms with Crippen LogP contribution in [0.1, 0.15) is 75.7 Å². The first-order valence-corrected chi connectivity index (χ1v) is 9.17. The smallest absolute Gasteiger partial charge is 0.411 e. The molecule has 2 heterocycles. The van der Waals surface area contributed by atoms with Gasteiger partial charge in [-0.15, -0.1) is 0 Å². The average Bonchev–Trinajstić information content (AvgIpc) is 3.07. The second-order valence-corrected chi connectivity index (χ2v) is 7.23. The van der Waals surface area contributed by atoms with Gasteiger partial charge in [-0.2, -0.15) is 0 Å². The van der Waals surface area contributed by atoms with Crippen LogP contribution in [0.4, 0.5) is 0 Å². The zero-order chi connectivity index (χ0) is 18.5. The third-order valence-electron chi connectivity index (χ3n) is 2.86. The zero-order valence-corrected chi connectivity index (χ0v) is 17.3. The second-order valence-electron chi connectivity index (χ2n) is 7.23. The lowest BCUT2D eigenvalue weighted by molar-refractivity contribution is 0.119. The van der Waals surface area contributed by atoms with E-state index in [4.69, 9.17) is 18.6 Å². The van der Waals surface area contributed by atoms with E-state index in [0.29, 0.717) is 0 Å². The highest BCUT2D eigenvalue weighted by Crippen LogP contribution is 2.30. The Morgan fingerprint density at radius 3 is 0.957 bits per heavy atom. The van der Waals surface area contributed by atoms with Crippen LogP contribution in [0.3, 0.4) is 0 Å². The molecule has 0 unspecified atom stereocenters. The van der Waals surface area contributed by atoms with Crippen molar-refractivity contribution in [2.75, 3.05) is 26.4 Å². The van der Waals surface area contributed by atoms with Gasteiger partial charge in [-0.25, -0.2) is 0 Å². The van der Waals surface area contributed by atoms with Crippen molar-refractivity contribution in [2.45, 2.75) is 86.3 Å². The molecule has 0 aromatic carbocycles. The number of hydrogen-bond donors (Lipinski definition) is 0. The van der Waals surface area contributed by atoms with E-state index in [1.807, 2.05) is 27.7 Å². The average molecular weight is 330 g/mol. The van der Waals surface area contributed by atoms with Crippen molar-refractivity contribution in [2.24, 2.45) is 0 Å². The van der Waals surface area contributed by atoms with Crippen LogP contribution in [0, 0.1) is 0 Å². The highest BCUT2D eigenvalue weighted by molar-refractivity contribution is 6.48. The van der Waals surface area contributed by atoms with E-state index in [1.54, 1.807) is 0 Å². The van der Waals surface area contributed by atoms with Gasteiger partial charge in [-0.3, -0.25) is 0 Å². The number of hydrogen-bond acceptors (Lipinski definition) is 4. The van der Waals surface area contributed by atoms with Gasteiger partial charge in [0.1, 0.15) is 0 Å². The van der Waals surface area contributed by atoms with Crippen LogP contribution in [0.5, 0.6) is 0 Å². The van der Waals surface area contributed by atoms with Crippen LogP contribution in [0.25, 0.3) is 0 Å². The van der Waals surface area contributed by atoms with Crippen molar-refractivity contribution in [3.8, 4) is 0 Å². The van der Waals surface area contributed by atoms with E-state index in [0.717, 1.165) is 32.8 Å². The standard InChI is InChI=1S/C7H15BO2.C6H13BO2.2C2H6/c1-7(2,3)8-9-5-4-6-10-8;1-6(2,3)7-8-4-5-9-7;2*1-2/h4-6H2,1-3H3;4-5H2,1-3H3;2*1-2H3. The Morgan fingerprint density at radius 2 is 0.783 bits per heavy atom. The first-order valence-electron chi connectivity index (χ1n) is 9.17. The van der Waals surface area contributed by atoms with Gasteiger partial charge in [0.2, 0.25) is 0 Å². The summed E-state index contributed by atoms with van der Waals surface area (Å²) in [6, 6.07) is 0. The third kappa shape index (κ3) is 12.0. The van der Waals surface area contributed by atoms with E-state index < -0.39 is 0 Å². The van der Waals surface area contributed by atoms with E-state index in [9.17, 15) is 0 Å². The Labute approximate surface area is 146 Å². The Kier molecular flexibility index (Phi) is 14.6. The van der Waals surface area contributed by atoms with Crippen molar-refractivity contribution in [1.82, 2.24) is 0 Å². The molecule has 0 amide bonds. The zero-order valence-electron chi connectivity index (χ0n) is 17.3. The van der Waals surface area contributed by atoms with Crippen LogP contribution in [-0.4, -0.2) is 40.7 Å². The van der Waals surface area contributed by atoms with Crippen LogP contribution >= 0.6 is 0 Å². The topological polar surface area (TPSA) is 36.9 Å². The minimum absolute atomic E-state index is 0.00116. The maximum Gasteiger partial charge on any atom is 0.462 e. The molecule has 138 valence electrons. The molecule has 0 saturated carbocycles. The SMILES string of the molecule is CC.CC.CC(C)(C)B1OCCCO1.CC(C)(C)B1OCCO1. The van der Waals surface area contributed by atoms with Gasteiger partial charge in [0.05, 0.1) is 13.2 Å². The van der Waals surface area contributed by atoms with E-state index in [1.165, 1.54) is 0 Å². The summed E-state index contributed by atoms with van der Waals surface area (Å²) in [6.45, 7) is 23.9. The molecule has 0 N–H and O–H groups in total.